The highest BCUT2D eigenvalue weighted by molar-refractivity contribution is 5.94. The molecule has 0 aliphatic carbocycles. The van der Waals surface area contributed by atoms with E-state index >= 15 is 0 Å². The number of benzene rings is 1. The Morgan fingerprint density at radius 3 is 2.32 bits per heavy atom. The first-order valence-corrected chi connectivity index (χ1v) is 10.6. The van der Waals surface area contributed by atoms with Gasteiger partial charge in [-0.3, -0.25) is 19.3 Å². The van der Waals surface area contributed by atoms with Crippen LogP contribution in [0, 0.1) is 25.3 Å². The second kappa shape index (κ2) is 11.9. The highest BCUT2D eigenvalue weighted by Gasteiger charge is 2.38. The normalized spacial score (nSPS) is 12.7. The third kappa shape index (κ3) is 7.69. The fourth-order valence-corrected chi connectivity index (χ4v) is 2.99. The smallest absolute Gasteiger partial charge is 0.408 e. The minimum atomic E-state index is -1.50. The van der Waals surface area contributed by atoms with Gasteiger partial charge in [0.05, 0.1) is 7.11 Å². The van der Waals surface area contributed by atoms with Crippen LogP contribution >= 0.6 is 0 Å². The van der Waals surface area contributed by atoms with Gasteiger partial charge < -0.3 is 25.2 Å². The molecule has 0 aliphatic heterocycles. The molecule has 0 saturated carbocycles. The summed E-state index contributed by atoms with van der Waals surface area (Å²) in [6.07, 6.45) is 4.82. The quantitative estimate of drug-likeness (QED) is 0.297. The average molecular weight is 476 g/mol. The first-order chi connectivity index (χ1) is 15.7. The summed E-state index contributed by atoms with van der Waals surface area (Å²) in [5, 5.41) is 15.5. The van der Waals surface area contributed by atoms with Crippen molar-refractivity contribution in [1.82, 2.24) is 15.5 Å². The van der Waals surface area contributed by atoms with E-state index in [1.54, 1.807) is 53.7 Å². The number of carbonyl (C=O) groups excluding carboxylic acids is 4. The number of nitrogens with one attached hydrogen (secondary N) is 2. The lowest BCUT2D eigenvalue weighted by atomic mass is 9.97. The highest BCUT2D eigenvalue weighted by Crippen LogP contribution is 2.32. The van der Waals surface area contributed by atoms with Gasteiger partial charge in [0.2, 0.25) is 5.91 Å². The van der Waals surface area contributed by atoms with Gasteiger partial charge in [0.1, 0.15) is 23.9 Å². The predicted octanol–water partition coefficient (Wildman–Crippen LogP) is 2.00. The van der Waals surface area contributed by atoms with E-state index in [0.717, 1.165) is 12.0 Å². The van der Waals surface area contributed by atoms with Crippen molar-refractivity contribution >= 4 is 23.9 Å². The molecule has 186 valence electrons. The molecular formula is C24H33N3O7. The van der Waals surface area contributed by atoms with E-state index in [2.05, 4.69) is 21.4 Å². The van der Waals surface area contributed by atoms with Gasteiger partial charge >= 0.3 is 12.1 Å². The molecule has 1 aromatic carbocycles. The number of aryl methyl sites for hydroxylation is 1. The molecule has 3 amide bonds. The molecule has 0 saturated heterocycles. The Morgan fingerprint density at radius 1 is 1.21 bits per heavy atom. The van der Waals surface area contributed by atoms with Crippen molar-refractivity contribution in [2.24, 2.45) is 5.92 Å². The topological polar surface area (TPSA) is 134 Å². The zero-order valence-corrected chi connectivity index (χ0v) is 20.6. The molecule has 0 spiro atoms. The van der Waals surface area contributed by atoms with E-state index in [-0.39, 0.29) is 11.3 Å². The minimum absolute atomic E-state index is 0.0495. The van der Waals surface area contributed by atoms with E-state index in [9.17, 15) is 24.3 Å². The van der Waals surface area contributed by atoms with Crippen LogP contribution in [0.1, 0.15) is 51.8 Å². The van der Waals surface area contributed by atoms with E-state index in [0.29, 0.717) is 5.56 Å². The maximum Gasteiger partial charge on any atom is 0.408 e. The number of ether oxygens (including phenoxy) is 2. The molecule has 0 aliphatic rings. The number of carbonyl (C=O) groups is 4. The number of methoxy groups -OCH3 is 1. The maximum absolute atomic E-state index is 13.5. The first kappa shape index (κ1) is 28.3. The van der Waals surface area contributed by atoms with Crippen LogP contribution in [0.15, 0.2) is 18.2 Å². The SMILES string of the molecule is C#CN(C(=O)C(NC(=O)OC(C)(C)C)C(C)C)C(C(=O)NCC(=O)OC)c1cccc(C)c1O. The number of hydrogen-bond acceptors (Lipinski definition) is 7. The van der Waals surface area contributed by atoms with Crippen molar-refractivity contribution in [3.8, 4) is 18.2 Å². The molecule has 2 unspecified atom stereocenters. The second-order valence-corrected chi connectivity index (χ2v) is 8.91. The highest BCUT2D eigenvalue weighted by atomic mass is 16.6. The molecule has 1 aromatic rings. The number of phenolic OH excluding ortho intramolecular Hbond substituents is 1. The summed E-state index contributed by atoms with van der Waals surface area (Å²) in [5.41, 5.74) is -0.308. The lowest BCUT2D eigenvalue weighted by molar-refractivity contribution is -0.143. The molecule has 10 nitrogen and oxygen atoms in total. The number of rotatable bonds is 8. The molecule has 0 fully saturated rings. The molecule has 10 heteroatoms. The summed E-state index contributed by atoms with van der Waals surface area (Å²) < 4.78 is 9.77. The Kier molecular flexibility index (Phi) is 9.93. The number of phenols is 1. The Bertz CT molecular complexity index is 960. The summed E-state index contributed by atoms with van der Waals surface area (Å²) in [7, 11) is 1.16. The van der Waals surface area contributed by atoms with Crippen LogP contribution in [0.25, 0.3) is 0 Å². The molecule has 34 heavy (non-hydrogen) atoms. The number of terminal acetylenes is 1. The van der Waals surface area contributed by atoms with Gasteiger partial charge in [-0.2, -0.15) is 0 Å². The van der Waals surface area contributed by atoms with Gasteiger partial charge in [-0.15, -0.1) is 0 Å². The Hall–Kier alpha value is -3.74. The fourth-order valence-electron chi connectivity index (χ4n) is 2.99. The number of alkyl carbamates (subject to hydrolysis) is 1. The first-order valence-electron chi connectivity index (χ1n) is 10.6. The van der Waals surface area contributed by atoms with Crippen LogP contribution in [0.4, 0.5) is 4.79 Å². The van der Waals surface area contributed by atoms with Crippen molar-refractivity contribution in [2.75, 3.05) is 13.7 Å². The van der Waals surface area contributed by atoms with E-state index < -0.39 is 54.0 Å². The number of aromatic hydroxyl groups is 1. The standard InChI is InChI=1S/C24H33N3O7/c1-9-27(22(31)18(14(2)3)26-23(32)34-24(5,6)7)19(21(30)25-13-17(28)33-8)16-12-10-11-15(4)20(16)29/h1,10-12,14,18-19,29H,13H2,2-8H3,(H,25,30)(H,26,32). The Balaban J connectivity index is 3.42. The molecule has 0 radical (unpaired) electrons. The van der Waals surface area contributed by atoms with Crippen LogP contribution in [0.5, 0.6) is 5.75 Å². The van der Waals surface area contributed by atoms with Gasteiger partial charge in [-0.25, -0.2) is 4.79 Å². The van der Waals surface area contributed by atoms with Crippen LogP contribution in [0.3, 0.4) is 0 Å². The second-order valence-electron chi connectivity index (χ2n) is 8.91. The summed E-state index contributed by atoms with van der Waals surface area (Å²) in [6.45, 7) is 9.54. The molecule has 1 rings (SSSR count). The summed E-state index contributed by atoms with van der Waals surface area (Å²) in [5.74, 6) is -2.98. The van der Waals surface area contributed by atoms with Gasteiger partial charge in [0.15, 0.2) is 6.04 Å². The summed E-state index contributed by atoms with van der Waals surface area (Å²) >= 11 is 0. The predicted molar refractivity (Wildman–Crippen MR) is 124 cm³/mol. The number of nitrogens with zero attached hydrogens (tertiary/aromatic N) is 1. The molecule has 0 bridgehead atoms. The number of hydrogen-bond donors (Lipinski definition) is 3. The number of amides is 3. The Labute approximate surface area is 200 Å². The van der Waals surface area contributed by atoms with Crippen molar-refractivity contribution in [3.63, 3.8) is 0 Å². The van der Waals surface area contributed by atoms with Gasteiger partial charge in [0.25, 0.3) is 5.91 Å². The number of esters is 1. The lowest BCUT2D eigenvalue weighted by Gasteiger charge is -2.32. The van der Waals surface area contributed by atoms with Crippen LogP contribution in [0.2, 0.25) is 0 Å². The molecular weight excluding hydrogens is 442 g/mol. The van der Waals surface area contributed by atoms with Crippen LogP contribution in [-0.4, -0.2) is 59.2 Å². The van der Waals surface area contributed by atoms with Crippen molar-refractivity contribution in [3.05, 3.63) is 29.3 Å². The third-order valence-electron chi connectivity index (χ3n) is 4.69. The lowest BCUT2D eigenvalue weighted by Crippen LogP contribution is -2.53. The maximum atomic E-state index is 13.5. The number of para-hydroxylation sites is 1. The summed E-state index contributed by atoms with van der Waals surface area (Å²) in [6, 6.07) is 4.19. The monoisotopic (exact) mass is 475 g/mol. The largest absolute Gasteiger partial charge is 0.507 e. The van der Waals surface area contributed by atoms with Gasteiger partial charge in [-0.05, 0) is 39.2 Å². The minimum Gasteiger partial charge on any atom is -0.507 e. The zero-order valence-electron chi connectivity index (χ0n) is 20.6. The van der Waals surface area contributed by atoms with Crippen molar-refractivity contribution in [2.45, 2.75) is 59.2 Å². The van der Waals surface area contributed by atoms with Crippen molar-refractivity contribution < 1.29 is 33.8 Å². The molecule has 2 atom stereocenters. The Morgan fingerprint density at radius 2 is 1.82 bits per heavy atom. The molecule has 3 N–H and O–H groups in total. The molecule has 0 heterocycles. The summed E-state index contributed by atoms with van der Waals surface area (Å²) in [4.78, 5) is 51.3. The zero-order chi connectivity index (χ0) is 26.2. The molecule has 0 aromatic heterocycles. The third-order valence-corrected chi connectivity index (χ3v) is 4.69. The van der Waals surface area contributed by atoms with E-state index in [1.165, 1.54) is 6.07 Å². The van der Waals surface area contributed by atoms with Crippen LogP contribution in [-0.2, 0) is 23.9 Å². The average Bonchev–Trinajstić information content (AvgIpc) is 2.74. The van der Waals surface area contributed by atoms with Gasteiger partial charge in [-0.1, -0.05) is 38.5 Å². The van der Waals surface area contributed by atoms with E-state index in [1.807, 2.05) is 0 Å². The van der Waals surface area contributed by atoms with Crippen LogP contribution < -0.4 is 10.6 Å². The van der Waals surface area contributed by atoms with E-state index in [4.69, 9.17) is 11.2 Å². The van der Waals surface area contributed by atoms with Gasteiger partial charge in [0, 0.05) is 11.6 Å². The fraction of sp³-hybridized carbons (Fsp3) is 0.500. The van der Waals surface area contributed by atoms with Crippen molar-refractivity contribution in [1.29, 1.82) is 0 Å².